The Balaban J connectivity index is 1.68. The number of nitrogens with one attached hydrogen (secondary N) is 3. The van der Waals surface area contributed by atoms with Crippen molar-refractivity contribution in [2.24, 2.45) is 0 Å². The van der Waals surface area contributed by atoms with Crippen LogP contribution in [0.1, 0.15) is 18.4 Å². The largest absolute Gasteiger partial charge is 0.376 e. The van der Waals surface area contributed by atoms with E-state index in [-0.39, 0.29) is 11.7 Å². The Bertz CT molecular complexity index is 979. The predicted octanol–water partition coefficient (Wildman–Crippen LogP) is 2.96. The van der Waals surface area contributed by atoms with E-state index in [0.29, 0.717) is 29.4 Å². The first kappa shape index (κ1) is 16.5. The lowest BCUT2D eigenvalue weighted by molar-refractivity contribution is 0.120. The minimum absolute atomic E-state index is 0.157. The maximum atomic E-state index is 12.3. The van der Waals surface area contributed by atoms with Crippen molar-refractivity contribution in [3.8, 4) is 0 Å². The highest BCUT2D eigenvalue weighted by Gasteiger charge is 2.17. The monoisotopic (exact) mass is 351 g/mol. The van der Waals surface area contributed by atoms with Crippen molar-refractivity contribution in [2.75, 3.05) is 23.8 Å². The number of pyridine rings is 3. The Hall–Kier alpha value is -2.93. The zero-order chi connectivity index (χ0) is 17.9. The summed E-state index contributed by atoms with van der Waals surface area (Å²) in [5.41, 5.74) is 0.946. The fourth-order valence-electron chi connectivity index (χ4n) is 3.16. The normalized spacial score (nSPS) is 16.7. The molecule has 4 rings (SSSR count). The SMILES string of the molecule is Cc1ccnc(Nc2cc3cc[nH]c(=O)c3c(NC[C@@H]3CCCO3)n2)c1. The summed E-state index contributed by atoms with van der Waals surface area (Å²) in [6.45, 7) is 3.43. The molecular weight excluding hydrogens is 330 g/mol. The summed E-state index contributed by atoms with van der Waals surface area (Å²) in [5.74, 6) is 1.90. The van der Waals surface area contributed by atoms with Crippen LogP contribution in [0.5, 0.6) is 0 Å². The molecule has 0 spiro atoms. The lowest BCUT2D eigenvalue weighted by Crippen LogP contribution is -2.20. The first-order valence-corrected chi connectivity index (χ1v) is 8.76. The van der Waals surface area contributed by atoms with Crippen molar-refractivity contribution in [1.82, 2.24) is 15.0 Å². The third-order valence-electron chi connectivity index (χ3n) is 4.45. The molecule has 26 heavy (non-hydrogen) atoms. The van der Waals surface area contributed by atoms with Gasteiger partial charge in [-0.25, -0.2) is 9.97 Å². The lowest BCUT2D eigenvalue weighted by atomic mass is 10.2. The molecule has 3 aromatic rings. The van der Waals surface area contributed by atoms with Crippen LogP contribution in [0.3, 0.4) is 0 Å². The summed E-state index contributed by atoms with van der Waals surface area (Å²) >= 11 is 0. The molecule has 0 unspecified atom stereocenters. The quantitative estimate of drug-likeness (QED) is 0.654. The highest BCUT2D eigenvalue weighted by atomic mass is 16.5. The minimum Gasteiger partial charge on any atom is -0.376 e. The van der Waals surface area contributed by atoms with Gasteiger partial charge in [0.25, 0.3) is 5.56 Å². The number of aryl methyl sites for hydroxylation is 1. The number of hydrogen-bond acceptors (Lipinski definition) is 6. The molecule has 0 aromatic carbocycles. The highest BCUT2D eigenvalue weighted by Crippen LogP contribution is 2.24. The Kier molecular flexibility index (Phi) is 4.53. The number of ether oxygens (including phenoxy) is 1. The number of rotatable bonds is 5. The zero-order valence-corrected chi connectivity index (χ0v) is 14.6. The van der Waals surface area contributed by atoms with E-state index in [1.165, 1.54) is 0 Å². The van der Waals surface area contributed by atoms with Crippen LogP contribution in [0.2, 0.25) is 0 Å². The Labute approximate surface area is 150 Å². The van der Waals surface area contributed by atoms with Gasteiger partial charge in [-0.1, -0.05) is 0 Å². The predicted molar refractivity (Wildman–Crippen MR) is 102 cm³/mol. The first-order valence-electron chi connectivity index (χ1n) is 8.76. The summed E-state index contributed by atoms with van der Waals surface area (Å²) in [5, 5.41) is 7.87. The van der Waals surface area contributed by atoms with E-state index in [4.69, 9.17) is 4.74 Å². The number of nitrogens with zero attached hydrogens (tertiary/aromatic N) is 2. The van der Waals surface area contributed by atoms with Gasteiger partial charge in [-0.15, -0.1) is 0 Å². The van der Waals surface area contributed by atoms with Crippen molar-refractivity contribution in [3.05, 3.63) is 52.6 Å². The topological polar surface area (TPSA) is 91.9 Å². The van der Waals surface area contributed by atoms with Crippen molar-refractivity contribution >= 4 is 28.2 Å². The van der Waals surface area contributed by atoms with Crippen molar-refractivity contribution in [1.29, 1.82) is 0 Å². The van der Waals surface area contributed by atoms with Gasteiger partial charge < -0.3 is 20.4 Å². The molecule has 1 atom stereocenters. The van der Waals surface area contributed by atoms with Crippen LogP contribution >= 0.6 is 0 Å². The van der Waals surface area contributed by atoms with E-state index in [9.17, 15) is 4.79 Å². The molecule has 1 aliphatic rings. The average Bonchev–Trinajstić information content (AvgIpc) is 3.13. The Morgan fingerprint density at radius 2 is 2.23 bits per heavy atom. The molecule has 0 bridgehead atoms. The second-order valence-electron chi connectivity index (χ2n) is 6.49. The van der Waals surface area contributed by atoms with Gasteiger partial charge in [-0.2, -0.15) is 0 Å². The van der Waals surface area contributed by atoms with Gasteiger partial charge in [0.05, 0.1) is 11.5 Å². The van der Waals surface area contributed by atoms with Gasteiger partial charge in [0.15, 0.2) is 0 Å². The third kappa shape index (κ3) is 3.52. The molecule has 1 fully saturated rings. The number of aromatic amines is 1. The molecular formula is C19H21N5O2. The molecule has 0 amide bonds. The summed E-state index contributed by atoms with van der Waals surface area (Å²) in [6.07, 6.45) is 5.64. The molecule has 0 radical (unpaired) electrons. The van der Waals surface area contributed by atoms with Crippen molar-refractivity contribution in [2.45, 2.75) is 25.9 Å². The molecule has 3 aromatic heterocycles. The molecule has 3 N–H and O–H groups in total. The van der Waals surface area contributed by atoms with Crippen LogP contribution in [0.25, 0.3) is 10.8 Å². The van der Waals surface area contributed by atoms with Gasteiger partial charge in [-0.05, 0) is 55.0 Å². The van der Waals surface area contributed by atoms with E-state index in [1.807, 2.05) is 31.2 Å². The van der Waals surface area contributed by atoms with Crippen LogP contribution in [0.15, 0.2) is 41.5 Å². The van der Waals surface area contributed by atoms with Crippen molar-refractivity contribution in [3.63, 3.8) is 0 Å². The van der Waals surface area contributed by atoms with E-state index < -0.39 is 0 Å². The molecule has 7 nitrogen and oxygen atoms in total. The van der Waals surface area contributed by atoms with E-state index in [0.717, 1.165) is 30.4 Å². The fraction of sp³-hybridized carbons (Fsp3) is 0.316. The van der Waals surface area contributed by atoms with Gasteiger partial charge in [0.1, 0.15) is 17.5 Å². The molecule has 0 aliphatic carbocycles. The highest BCUT2D eigenvalue weighted by molar-refractivity contribution is 5.93. The number of anilines is 3. The molecule has 7 heteroatoms. The lowest BCUT2D eigenvalue weighted by Gasteiger charge is -2.14. The van der Waals surface area contributed by atoms with Crippen LogP contribution < -0.4 is 16.2 Å². The summed E-state index contributed by atoms with van der Waals surface area (Å²) in [7, 11) is 0. The Morgan fingerprint density at radius 1 is 1.31 bits per heavy atom. The molecule has 0 saturated carbocycles. The summed E-state index contributed by atoms with van der Waals surface area (Å²) in [6, 6.07) is 7.60. The summed E-state index contributed by atoms with van der Waals surface area (Å²) in [4.78, 5) is 24.0. The van der Waals surface area contributed by atoms with E-state index >= 15 is 0 Å². The molecule has 1 saturated heterocycles. The maximum absolute atomic E-state index is 12.3. The third-order valence-corrected chi connectivity index (χ3v) is 4.45. The average molecular weight is 351 g/mol. The van der Waals surface area contributed by atoms with Gasteiger partial charge >= 0.3 is 0 Å². The van der Waals surface area contributed by atoms with E-state index in [1.54, 1.807) is 12.4 Å². The van der Waals surface area contributed by atoms with Crippen molar-refractivity contribution < 1.29 is 4.74 Å². The van der Waals surface area contributed by atoms with Crippen LogP contribution in [0, 0.1) is 6.92 Å². The number of aromatic nitrogens is 3. The molecule has 4 heterocycles. The van der Waals surface area contributed by atoms with Crippen LogP contribution in [-0.2, 0) is 4.74 Å². The Morgan fingerprint density at radius 3 is 3.04 bits per heavy atom. The molecule has 134 valence electrons. The maximum Gasteiger partial charge on any atom is 0.259 e. The van der Waals surface area contributed by atoms with Gasteiger partial charge in [0, 0.05) is 25.5 Å². The minimum atomic E-state index is -0.162. The summed E-state index contributed by atoms with van der Waals surface area (Å²) < 4.78 is 5.65. The number of H-pyrrole nitrogens is 1. The number of hydrogen-bond donors (Lipinski definition) is 3. The smallest absolute Gasteiger partial charge is 0.259 e. The van der Waals surface area contributed by atoms with Crippen LogP contribution in [0.4, 0.5) is 17.5 Å². The fourth-order valence-corrected chi connectivity index (χ4v) is 3.16. The van der Waals surface area contributed by atoms with Gasteiger partial charge in [-0.3, -0.25) is 4.79 Å². The first-order chi connectivity index (χ1) is 12.7. The van der Waals surface area contributed by atoms with Gasteiger partial charge in [0.2, 0.25) is 0 Å². The second-order valence-corrected chi connectivity index (χ2v) is 6.49. The van der Waals surface area contributed by atoms with Crippen LogP contribution in [-0.4, -0.2) is 34.2 Å². The number of fused-ring (bicyclic) bond motifs is 1. The standard InChI is InChI=1S/C19H21N5O2/c1-12-4-6-20-15(9-12)23-16-10-13-5-7-21-19(25)17(13)18(24-16)22-11-14-3-2-8-26-14/h4-7,9-10,14H,2-3,8,11H2,1H3,(H,21,25)(H2,20,22,23,24)/t14-/m0/s1. The second kappa shape index (κ2) is 7.13. The van der Waals surface area contributed by atoms with E-state index in [2.05, 4.69) is 25.6 Å². The molecule has 1 aliphatic heterocycles. The zero-order valence-electron chi connectivity index (χ0n) is 14.6.